The molecule has 1 N–H and O–H groups in total. The predicted molar refractivity (Wildman–Crippen MR) is 80.0 cm³/mol. The number of hydrogen-bond donors (Lipinski definition) is 1. The van der Waals surface area contributed by atoms with Crippen LogP contribution in [0.4, 0.5) is 4.39 Å². The van der Waals surface area contributed by atoms with Gasteiger partial charge in [-0.3, -0.25) is 4.21 Å². The van der Waals surface area contributed by atoms with Crippen LogP contribution >= 0.6 is 0 Å². The first-order valence-electron chi connectivity index (χ1n) is 7.06. The normalized spacial score (nSPS) is 21.4. The molecule has 2 rings (SSSR count). The Kier molecular flexibility index (Phi) is 5.54. The molecule has 5 heteroatoms. The third-order valence-corrected chi connectivity index (χ3v) is 5.12. The molecule has 1 aliphatic heterocycles. The monoisotopic (exact) mass is 299 g/mol. The zero-order valence-corrected chi connectivity index (χ0v) is 12.8. The Hall–Kier alpha value is -0.940. The van der Waals surface area contributed by atoms with E-state index in [1.807, 2.05) is 6.92 Å². The average Bonchev–Trinajstić information content (AvgIpc) is 2.60. The van der Waals surface area contributed by atoms with E-state index >= 15 is 0 Å². The van der Waals surface area contributed by atoms with E-state index in [9.17, 15) is 8.60 Å². The molecule has 1 aliphatic rings. The van der Waals surface area contributed by atoms with Gasteiger partial charge in [-0.15, -0.1) is 0 Å². The zero-order valence-electron chi connectivity index (χ0n) is 12.0. The fourth-order valence-corrected chi connectivity index (χ4v) is 2.83. The summed E-state index contributed by atoms with van der Waals surface area (Å²) in [5, 5.41) is 3.68. The van der Waals surface area contributed by atoms with Crippen LogP contribution in [0.3, 0.4) is 0 Å². The maximum absolute atomic E-state index is 13.3. The highest BCUT2D eigenvalue weighted by Crippen LogP contribution is 2.32. The Labute approximate surface area is 122 Å². The van der Waals surface area contributed by atoms with Crippen molar-refractivity contribution in [2.45, 2.75) is 37.5 Å². The van der Waals surface area contributed by atoms with Crippen LogP contribution in [0.1, 0.15) is 37.8 Å². The van der Waals surface area contributed by atoms with Gasteiger partial charge in [0.2, 0.25) is 0 Å². The molecule has 1 aromatic rings. The van der Waals surface area contributed by atoms with Crippen molar-refractivity contribution >= 4 is 10.8 Å². The zero-order chi connectivity index (χ0) is 14.5. The SMILES string of the molecule is C[C@H](CCN[C@H]1CCCOc2cc(F)ccc21)[S@](C)=O. The third-order valence-electron chi connectivity index (χ3n) is 3.75. The van der Waals surface area contributed by atoms with Crippen molar-refractivity contribution in [3.63, 3.8) is 0 Å². The number of rotatable bonds is 5. The lowest BCUT2D eigenvalue weighted by Gasteiger charge is -2.19. The second kappa shape index (κ2) is 7.18. The lowest BCUT2D eigenvalue weighted by Crippen LogP contribution is -2.25. The summed E-state index contributed by atoms with van der Waals surface area (Å²) in [5.41, 5.74) is 1.02. The first kappa shape index (κ1) is 15.4. The van der Waals surface area contributed by atoms with Crippen molar-refractivity contribution in [3.8, 4) is 5.75 Å². The molecule has 0 spiro atoms. The Morgan fingerprint density at radius 3 is 3.10 bits per heavy atom. The molecular formula is C15H22FNO2S. The lowest BCUT2D eigenvalue weighted by atomic mass is 10.0. The Bertz CT molecular complexity index is 481. The van der Waals surface area contributed by atoms with Crippen LogP contribution in [0.15, 0.2) is 18.2 Å². The van der Waals surface area contributed by atoms with Crippen LogP contribution in [-0.2, 0) is 10.8 Å². The smallest absolute Gasteiger partial charge is 0.126 e. The minimum absolute atomic E-state index is 0.186. The van der Waals surface area contributed by atoms with Gasteiger partial charge < -0.3 is 10.1 Å². The number of hydrogen-bond acceptors (Lipinski definition) is 3. The van der Waals surface area contributed by atoms with Gasteiger partial charge in [-0.05, 0) is 31.9 Å². The first-order chi connectivity index (χ1) is 9.58. The molecule has 0 saturated heterocycles. The van der Waals surface area contributed by atoms with Gasteiger partial charge in [0, 0.05) is 40.0 Å². The van der Waals surface area contributed by atoms with E-state index in [2.05, 4.69) is 5.32 Å². The van der Waals surface area contributed by atoms with Crippen molar-refractivity contribution in [1.29, 1.82) is 0 Å². The van der Waals surface area contributed by atoms with E-state index in [1.165, 1.54) is 12.1 Å². The Morgan fingerprint density at radius 1 is 1.55 bits per heavy atom. The summed E-state index contributed by atoms with van der Waals surface area (Å²) in [6.07, 6.45) is 4.53. The Balaban J connectivity index is 2.00. The maximum Gasteiger partial charge on any atom is 0.126 e. The van der Waals surface area contributed by atoms with Gasteiger partial charge in [0.15, 0.2) is 0 Å². The fraction of sp³-hybridized carbons (Fsp3) is 0.600. The van der Waals surface area contributed by atoms with Crippen LogP contribution in [0.5, 0.6) is 5.75 Å². The van der Waals surface area contributed by atoms with Crippen LogP contribution < -0.4 is 10.1 Å². The second-order valence-electron chi connectivity index (χ2n) is 5.28. The molecule has 1 heterocycles. The Morgan fingerprint density at radius 2 is 2.35 bits per heavy atom. The quantitative estimate of drug-likeness (QED) is 0.908. The van der Waals surface area contributed by atoms with Gasteiger partial charge in [0.05, 0.1) is 6.61 Å². The average molecular weight is 299 g/mol. The minimum atomic E-state index is -0.783. The topological polar surface area (TPSA) is 38.3 Å². The highest BCUT2D eigenvalue weighted by molar-refractivity contribution is 7.84. The fourth-order valence-electron chi connectivity index (χ4n) is 2.38. The molecule has 3 atom stereocenters. The molecule has 3 nitrogen and oxygen atoms in total. The van der Waals surface area contributed by atoms with Crippen LogP contribution in [0, 0.1) is 5.82 Å². The summed E-state index contributed by atoms with van der Waals surface area (Å²) >= 11 is 0. The van der Waals surface area contributed by atoms with Crippen LogP contribution in [0.25, 0.3) is 0 Å². The standard InChI is InChI=1S/C15H22FNO2S/c1-11(20(2)18)7-8-17-14-4-3-9-19-15-10-12(16)5-6-13(14)15/h5-6,10-11,14,17H,3-4,7-9H2,1-2H3/t11-,14+,20+/m1/s1. The number of ether oxygens (including phenoxy) is 1. The van der Waals surface area contributed by atoms with E-state index < -0.39 is 10.8 Å². The van der Waals surface area contributed by atoms with Crippen molar-refractivity contribution in [1.82, 2.24) is 5.32 Å². The highest BCUT2D eigenvalue weighted by atomic mass is 32.2. The van der Waals surface area contributed by atoms with Crippen LogP contribution in [0.2, 0.25) is 0 Å². The molecule has 0 aromatic heterocycles. The van der Waals surface area contributed by atoms with Gasteiger partial charge in [-0.2, -0.15) is 0 Å². The minimum Gasteiger partial charge on any atom is -0.493 e. The number of benzene rings is 1. The summed E-state index contributed by atoms with van der Waals surface area (Å²) in [6, 6.07) is 4.92. The van der Waals surface area contributed by atoms with Gasteiger partial charge in [-0.1, -0.05) is 13.0 Å². The molecule has 0 saturated carbocycles. The summed E-state index contributed by atoms with van der Waals surface area (Å²) in [4.78, 5) is 0. The number of halogens is 1. The molecule has 0 unspecified atom stereocenters. The maximum atomic E-state index is 13.3. The van der Waals surface area contributed by atoms with E-state index in [4.69, 9.17) is 4.74 Å². The van der Waals surface area contributed by atoms with Gasteiger partial charge in [0.25, 0.3) is 0 Å². The molecule has 112 valence electrons. The second-order valence-corrected chi connectivity index (χ2v) is 7.08. The van der Waals surface area contributed by atoms with Gasteiger partial charge in [-0.25, -0.2) is 4.39 Å². The van der Waals surface area contributed by atoms with Gasteiger partial charge >= 0.3 is 0 Å². The summed E-state index contributed by atoms with van der Waals surface area (Å²) in [6.45, 7) is 3.43. The largest absolute Gasteiger partial charge is 0.493 e. The predicted octanol–water partition coefficient (Wildman–Crippen LogP) is 2.79. The first-order valence-corrected chi connectivity index (χ1v) is 8.68. The number of nitrogens with one attached hydrogen (secondary N) is 1. The van der Waals surface area contributed by atoms with Crippen molar-refractivity contribution in [2.24, 2.45) is 0 Å². The molecule has 0 amide bonds. The molecule has 0 radical (unpaired) electrons. The van der Waals surface area contributed by atoms with Crippen molar-refractivity contribution < 1.29 is 13.3 Å². The van der Waals surface area contributed by atoms with E-state index in [-0.39, 0.29) is 17.1 Å². The number of fused-ring (bicyclic) bond motifs is 1. The third kappa shape index (κ3) is 4.03. The molecule has 1 aromatic carbocycles. The summed E-state index contributed by atoms with van der Waals surface area (Å²) < 4.78 is 30.2. The lowest BCUT2D eigenvalue weighted by molar-refractivity contribution is 0.313. The van der Waals surface area contributed by atoms with Crippen LogP contribution in [-0.4, -0.2) is 28.9 Å². The van der Waals surface area contributed by atoms with Crippen molar-refractivity contribution in [3.05, 3.63) is 29.6 Å². The van der Waals surface area contributed by atoms with E-state index in [0.29, 0.717) is 12.4 Å². The van der Waals surface area contributed by atoms with E-state index in [0.717, 1.165) is 31.4 Å². The molecule has 0 fully saturated rings. The highest BCUT2D eigenvalue weighted by Gasteiger charge is 2.20. The van der Waals surface area contributed by atoms with E-state index in [1.54, 1.807) is 12.3 Å². The summed E-state index contributed by atoms with van der Waals surface area (Å²) in [7, 11) is -0.783. The van der Waals surface area contributed by atoms with Gasteiger partial charge in [0.1, 0.15) is 11.6 Å². The molecule has 0 aliphatic carbocycles. The summed E-state index contributed by atoms with van der Waals surface area (Å²) in [5.74, 6) is 0.381. The molecule has 0 bridgehead atoms. The molecular weight excluding hydrogens is 277 g/mol. The van der Waals surface area contributed by atoms with Crippen molar-refractivity contribution in [2.75, 3.05) is 19.4 Å². The molecule has 20 heavy (non-hydrogen) atoms.